The lowest BCUT2D eigenvalue weighted by Crippen LogP contribution is -2.11. The highest BCUT2D eigenvalue weighted by atomic mass is 19.3. The second kappa shape index (κ2) is 11.4. The van der Waals surface area contributed by atoms with Gasteiger partial charge in [0.1, 0.15) is 5.69 Å². The first-order chi connectivity index (χ1) is 17.4. The monoisotopic (exact) mass is 496 g/mol. The smallest absolute Gasteiger partial charge is 0.387 e. The van der Waals surface area contributed by atoms with Crippen molar-refractivity contribution in [3.8, 4) is 11.5 Å². The van der Waals surface area contributed by atoms with Crippen molar-refractivity contribution in [1.82, 2.24) is 9.97 Å². The van der Waals surface area contributed by atoms with Crippen LogP contribution in [0.2, 0.25) is 0 Å². The number of alkyl halides is 4. The van der Waals surface area contributed by atoms with Gasteiger partial charge in [0.15, 0.2) is 11.5 Å². The molecule has 0 spiro atoms. The molecule has 9 heteroatoms. The fourth-order valence-corrected chi connectivity index (χ4v) is 3.79. The summed E-state index contributed by atoms with van der Waals surface area (Å²) >= 11 is 0. The number of benzene rings is 2. The number of halogens is 4. The van der Waals surface area contributed by atoms with E-state index in [4.69, 9.17) is 0 Å². The average molecular weight is 496 g/mol. The normalized spacial score (nSPS) is 11.9. The van der Waals surface area contributed by atoms with Crippen LogP contribution in [0.5, 0.6) is 11.5 Å². The van der Waals surface area contributed by atoms with E-state index in [1.165, 1.54) is 18.2 Å². The number of carbonyl (C=O) groups excluding carboxylic acids is 1. The third kappa shape index (κ3) is 6.24. The van der Waals surface area contributed by atoms with Crippen molar-refractivity contribution in [2.75, 3.05) is 0 Å². The highest BCUT2D eigenvalue weighted by Gasteiger charge is 2.22. The summed E-state index contributed by atoms with van der Waals surface area (Å²) in [5.74, 6) is -1.68. The van der Waals surface area contributed by atoms with Gasteiger partial charge in [-0.1, -0.05) is 42.5 Å². The number of aromatic nitrogens is 2. The molecule has 0 radical (unpaired) electrons. The molecule has 0 saturated heterocycles. The van der Waals surface area contributed by atoms with Gasteiger partial charge in [0.05, 0.1) is 0 Å². The lowest BCUT2D eigenvalue weighted by atomic mass is 9.86. The van der Waals surface area contributed by atoms with Gasteiger partial charge >= 0.3 is 13.2 Å². The van der Waals surface area contributed by atoms with E-state index in [-0.39, 0.29) is 11.5 Å². The summed E-state index contributed by atoms with van der Waals surface area (Å²) in [7, 11) is 0. The number of nitrogens with zero attached hydrogens (tertiary/aromatic N) is 2. The molecule has 0 saturated carbocycles. The fourth-order valence-electron chi connectivity index (χ4n) is 3.79. The maximum Gasteiger partial charge on any atom is 0.387 e. The largest absolute Gasteiger partial charge is 0.431 e. The molecule has 2 aromatic heterocycles. The predicted octanol–water partition coefficient (Wildman–Crippen LogP) is 6.29. The molecule has 0 amide bonds. The van der Waals surface area contributed by atoms with Crippen LogP contribution in [0.1, 0.15) is 38.7 Å². The molecule has 0 bridgehead atoms. The first-order valence-electron chi connectivity index (χ1n) is 10.9. The van der Waals surface area contributed by atoms with Gasteiger partial charge in [0.25, 0.3) is 0 Å². The Balaban J connectivity index is 1.71. The number of ketones is 1. The van der Waals surface area contributed by atoms with E-state index >= 15 is 0 Å². The van der Waals surface area contributed by atoms with Crippen molar-refractivity contribution in [1.29, 1.82) is 0 Å². The fraction of sp³-hybridized carbons (Fsp3) is 0.148. The third-order valence-electron chi connectivity index (χ3n) is 5.45. The van der Waals surface area contributed by atoms with Crippen LogP contribution in [0, 0.1) is 0 Å². The molecule has 5 nitrogen and oxygen atoms in total. The van der Waals surface area contributed by atoms with Gasteiger partial charge in [-0.3, -0.25) is 14.8 Å². The van der Waals surface area contributed by atoms with Gasteiger partial charge in [0, 0.05) is 30.1 Å². The zero-order valence-corrected chi connectivity index (χ0v) is 18.7. The lowest BCUT2D eigenvalue weighted by Gasteiger charge is -2.20. The predicted molar refractivity (Wildman–Crippen MR) is 124 cm³/mol. The molecule has 4 rings (SSSR count). The molecule has 0 fully saturated rings. The summed E-state index contributed by atoms with van der Waals surface area (Å²) in [5.41, 5.74) is 2.82. The van der Waals surface area contributed by atoms with Crippen LogP contribution in [0.15, 0.2) is 91.4 Å². The van der Waals surface area contributed by atoms with Crippen molar-refractivity contribution in [2.24, 2.45) is 0 Å². The Bertz CT molecular complexity index is 1290. The SMILES string of the molecule is O=C(c1ccccc1)c1ccc([C@@H](Cc2ccncc2)c2ccc(OC(F)F)c(OC(F)F)c2)cn1. The second-order valence-corrected chi connectivity index (χ2v) is 7.75. The Kier molecular flexibility index (Phi) is 7.89. The van der Waals surface area contributed by atoms with Gasteiger partial charge in [-0.25, -0.2) is 0 Å². The summed E-state index contributed by atoms with van der Waals surface area (Å²) in [5, 5.41) is 0. The standard InChI is InChI=1S/C27H20F4N2O3/c28-26(29)35-23-9-7-19(15-24(23)36-27(30)31)21(14-17-10-12-32-13-11-17)20-6-8-22(33-16-20)25(34)18-4-2-1-3-5-18/h1-13,15-16,21,26-27H,14H2/t21-/m0/s1. The van der Waals surface area contributed by atoms with Crippen molar-refractivity contribution >= 4 is 5.78 Å². The van der Waals surface area contributed by atoms with Gasteiger partial charge in [-0.15, -0.1) is 0 Å². The van der Waals surface area contributed by atoms with E-state index < -0.39 is 30.6 Å². The molecule has 4 aromatic rings. The molecule has 1 atom stereocenters. The average Bonchev–Trinajstić information content (AvgIpc) is 2.89. The Hall–Kier alpha value is -4.27. The van der Waals surface area contributed by atoms with Crippen LogP contribution in [0.3, 0.4) is 0 Å². The number of carbonyl (C=O) groups is 1. The Morgan fingerprint density at radius 3 is 2.08 bits per heavy atom. The maximum absolute atomic E-state index is 13.0. The van der Waals surface area contributed by atoms with E-state index in [1.807, 2.05) is 0 Å². The zero-order valence-electron chi connectivity index (χ0n) is 18.7. The molecule has 0 aliphatic rings. The van der Waals surface area contributed by atoms with Crippen LogP contribution in [-0.2, 0) is 6.42 Å². The first-order valence-corrected chi connectivity index (χ1v) is 10.9. The molecule has 2 aromatic carbocycles. The zero-order chi connectivity index (χ0) is 25.5. The van der Waals surface area contributed by atoms with Crippen LogP contribution < -0.4 is 9.47 Å². The van der Waals surface area contributed by atoms with Crippen LogP contribution in [-0.4, -0.2) is 29.0 Å². The number of hydrogen-bond acceptors (Lipinski definition) is 5. The number of rotatable bonds is 10. The summed E-state index contributed by atoms with van der Waals surface area (Å²) < 4.78 is 60.3. The molecule has 184 valence electrons. The van der Waals surface area contributed by atoms with E-state index in [1.54, 1.807) is 73.2 Å². The number of hydrogen-bond donors (Lipinski definition) is 0. The molecule has 2 heterocycles. The van der Waals surface area contributed by atoms with Crippen LogP contribution in [0.25, 0.3) is 0 Å². The van der Waals surface area contributed by atoms with Gasteiger partial charge in [-0.05, 0) is 53.4 Å². The molecule has 0 N–H and O–H groups in total. The molecular weight excluding hydrogens is 476 g/mol. The van der Waals surface area contributed by atoms with Crippen LogP contribution >= 0.6 is 0 Å². The van der Waals surface area contributed by atoms with E-state index in [0.29, 0.717) is 23.1 Å². The minimum atomic E-state index is -3.23. The third-order valence-corrected chi connectivity index (χ3v) is 5.45. The maximum atomic E-state index is 13.0. The molecule has 36 heavy (non-hydrogen) atoms. The van der Waals surface area contributed by atoms with Gasteiger partial charge in [-0.2, -0.15) is 17.6 Å². The Morgan fingerprint density at radius 1 is 0.778 bits per heavy atom. The van der Waals surface area contributed by atoms with Gasteiger partial charge < -0.3 is 9.47 Å². The Morgan fingerprint density at radius 2 is 1.44 bits per heavy atom. The van der Waals surface area contributed by atoms with E-state index in [0.717, 1.165) is 5.56 Å². The minimum Gasteiger partial charge on any atom is -0.431 e. The number of pyridine rings is 2. The summed E-state index contributed by atoms with van der Waals surface area (Å²) in [6.45, 7) is -6.44. The summed E-state index contributed by atoms with van der Waals surface area (Å²) in [6.07, 6.45) is 5.20. The van der Waals surface area contributed by atoms with Crippen molar-refractivity contribution < 1.29 is 31.8 Å². The van der Waals surface area contributed by atoms with Crippen molar-refractivity contribution in [3.63, 3.8) is 0 Å². The van der Waals surface area contributed by atoms with Crippen LogP contribution in [0.4, 0.5) is 17.6 Å². The van der Waals surface area contributed by atoms with Gasteiger partial charge in [0.2, 0.25) is 5.78 Å². The van der Waals surface area contributed by atoms with Crippen molar-refractivity contribution in [2.45, 2.75) is 25.6 Å². The molecule has 0 aliphatic heterocycles. The first kappa shape index (κ1) is 24.8. The number of ether oxygens (including phenoxy) is 2. The van der Waals surface area contributed by atoms with E-state index in [9.17, 15) is 22.4 Å². The Labute approximate surface area is 204 Å². The molecule has 0 unspecified atom stereocenters. The topological polar surface area (TPSA) is 61.3 Å². The second-order valence-electron chi connectivity index (χ2n) is 7.75. The highest BCUT2D eigenvalue weighted by molar-refractivity contribution is 6.07. The summed E-state index contributed by atoms with van der Waals surface area (Å²) in [4.78, 5) is 21.1. The minimum absolute atomic E-state index is 0.242. The molecule has 0 aliphatic carbocycles. The lowest BCUT2D eigenvalue weighted by molar-refractivity contribution is -0.0692. The summed E-state index contributed by atoms with van der Waals surface area (Å²) in [6, 6.07) is 19.6. The molecular formula is C27H20F4N2O3. The van der Waals surface area contributed by atoms with Crippen molar-refractivity contribution in [3.05, 3.63) is 119 Å². The highest BCUT2D eigenvalue weighted by Crippen LogP contribution is 2.36. The quantitative estimate of drug-likeness (QED) is 0.191. The van der Waals surface area contributed by atoms with E-state index in [2.05, 4.69) is 19.4 Å².